The van der Waals surface area contributed by atoms with E-state index < -0.39 is 10.1 Å². The third kappa shape index (κ3) is 4.85. The molecule has 0 amide bonds. The van der Waals surface area contributed by atoms with E-state index in [1.54, 1.807) is 12.1 Å². The van der Waals surface area contributed by atoms with Gasteiger partial charge >= 0.3 is 51.4 Å². The molecule has 3 nitrogen and oxygen atoms in total. The Labute approximate surface area is 135 Å². The van der Waals surface area contributed by atoms with E-state index in [1.807, 2.05) is 0 Å². The van der Waals surface area contributed by atoms with E-state index in [1.165, 1.54) is 12.1 Å². The van der Waals surface area contributed by atoms with Crippen LogP contribution in [0, 0.1) is 0 Å². The summed E-state index contributed by atoms with van der Waals surface area (Å²) in [5.41, 5.74) is 1.00. The molecule has 1 aromatic carbocycles. The van der Waals surface area contributed by atoms with Gasteiger partial charge in [-0.05, 0) is 24.1 Å². The third-order valence-corrected chi connectivity index (χ3v) is 2.84. The quantitative estimate of drug-likeness (QED) is 0.389. The van der Waals surface area contributed by atoms with Gasteiger partial charge in [-0.3, -0.25) is 0 Å². The van der Waals surface area contributed by atoms with Gasteiger partial charge in [0.2, 0.25) is 0 Å². The standard InChI is InChI=1S/C8H9BrO3S.K/c9-6-5-7-1-3-8(4-2-7)13(10,11)12;/h1-4H,5-6H2,(H,10,11,12);/q;+1/p-1. The number of rotatable bonds is 3. The molecule has 0 heterocycles. The summed E-state index contributed by atoms with van der Waals surface area (Å²) < 4.78 is 31.6. The van der Waals surface area contributed by atoms with E-state index in [9.17, 15) is 13.0 Å². The van der Waals surface area contributed by atoms with Gasteiger partial charge in [0.05, 0.1) is 4.90 Å². The van der Waals surface area contributed by atoms with Crippen molar-refractivity contribution in [3.05, 3.63) is 29.8 Å². The molecule has 0 atom stereocenters. The van der Waals surface area contributed by atoms with Crippen molar-refractivity contribution in [1.82, 2.24) is 0 Å². The van der Waals surface area contributed by atoms with Crippen molar-refractivity contribution >= 4 is 26.0 Å². The fourth-order valence-corrected chi connectivity index (χ4v) is 1.86. The molecule has 0 N–H and O–H groups in total. The summed E-state index contributed by atoms with van der Waals surface area (Å²) in [6.45, 7) is 0. The molecule has 0 bridgehead atoms. The van der Waals surface area contributed by atoms with Gasteiger partial charge in [-0.25, -0.2) is 8.42 Å². The normalized spacial score (nSPS) is 10.7. The predicted octanol–water partition coefficient (Wildman–Crippen LogP) is -1.47. The third-order valence-electron chi connectivity index (χ3n) is 1.60. The van der Waals surface area contributed by atoms with Crippen molar-refractivity contribution in [2.24, 2.45) is 0 Å². The first kappa shape index (κ1) is 15.2. The van der Waals surface area contributed by atoms with E-state index in [-0.39, 0.29) is 56.3 Å². The van der Waals surface area contributed by atoms with Crippen LogP contribution >= 0.6 is 15.9 Å². The van der Waals surface area contributed by atoms with Gasteiger partial charge in [-0.15, -0.1) is 0 Å². The van der Waals surface area contributed by atoms with Gasteiger partial charge in [-0.1, -0.05) is 28.1 Å². The molecule has 0 unspecified atom stereocenters. The Kier molecular flexibility index (Phi) is 7.35. The summed E-state index contributed by atoms with van der Waals surface area (Å²) in [5, 5.41) is 0.816. The number of benzene rings is 1. The Bertz CT molecular complexity index is 374. The van der Waals surface area contributed by atoms with Gasteiger partial charge in [0.1, 0.15) is 10.1 Å². The van der Waals surface area contributed by atoms with Crippen molar-refractivity contribution in [3.8, 4) is 0 Å². The first-order valence-corrected chi connectivity index (χ1v) is 6.18. The molecule has 72 valence electrons. The maximum atomic E-state index is 10.5. The number of halogens is 1. The SMILES string of the molecule is O=S(=O)([O-])c1ccc(CCBr)cc1.[K+]. The van der Waals surface area contributed by atoms with Crippen molar-refractivity contribution < 1.29 is 64.4 Å². The summed E-state index contributed by atoms with van der Waals surface area (Å²) in [4.78, 5) is -0.175. The molecule has 1 aromatic rings. The fraction of sp³-hybridized carbons (Fsp3) is 0.250. The molecule has 0 aliphatic heterocycles. The van der Waals surface area contributed by atoms with Crippen LogP contribution in [-0.2, 0) is 16.5 Å². The first-order valence-electron chi connectivity index (χ1n) is 3.65. The molecule has 14 heavy (non-hydrogen) atoms. The van der Waals surface area contributed by atoms with E-state index >= 15 is 0 Å². The molecule has 1 rings (SSSR count). The summed E-state index contributed by atoms with van der Waals surface area (Å²) in [7, 11) is -4.30. The summed E-state index contributed by atoms with van der Waals surface area (Å²) >= 11 is 3.26. The zero-order valence-electron chi connectivity index (χ0n) is 7.73. The molecule has 0 fully saturated rings. The average Bonchev–Trinajstić information content (AvgIpc) is 2.04. The molecule has 0 saturated carbocycles. The molecule has 0 saturated heterocycles. The Morgan fingerprint density at radius 3 is 2.07 bits per heavy atom. The minimum Gasteiger partial charge on any atom is -0.744 e. The van der Waals surface area contributed by atoms with Gasteiger partial charge in [0.15, 0.2) is 0 Å². The smallest absolute Gasteiger partial charge is 0.744 e. The van der Waals surface area contributed by atoms with Crippen LogP contribution in [0.5, 0.6) is 0 Å². The van der Waals surface area contributed by atoms with E-state index in [0.29, 0.717) is 0 Å². The number of aryl methyl sites for hydroxylation is 1. The van der Waals surface area contributed by atoms with Crippen LogP contribution in [0.2, 0.25) is 0 Å². The summed E-state index contributed by atoms with van der Waals surface area (Å²) in [6, 6.07) is 5.96. The van der Waals surface area contributed by atoms with Crippen LogP contribution in [0.15, 0.2) is 29.2 Å². The molecular weight excluding hydrogens is 295 g/mol. The second kappa shape index (κ2) is 6.75. The molecular formula is C8H8BrKO3S. The van der Waals surface area contributed by atoms with Crippen LogP contribution in [-0.4, -0.2) is 18.3 Å². The van der Waals surface area contributed by atoms with E-state index in [2.05, 4.69) is 15.9 Å². The van der Waals surface area contributed by atoms with Crippen LogP contribution in [0.1, 0.15) is 5.56 Å². The van der Waals surface area contributed by atoms with Crippen LogP contribution < -0.4 is 51.4 Å². The molecule has 0 radical (unpaired) electrons. The molecule has 0 spiro atoms. The molecule has 6 heteroatoms. The first-order chi connectivity index (χ1) is 6.04. The number of alkyl halides is 1. The Hall–Kier alpha value is 1.25. The van der Waals surface area contributed by atoms with Crippen molar-refractivity contribution in [3.63, 3.8) is 0 Å². The minimum atomic E-state index is -4.30. The van der Waals surface area contributed by atoms with Gasteiger partial charge < -0.3 is 4.55 Å². The largest absolute Gasteiger partial charge is 1.00 e. The maximum absolute atomic E-state index is 10.5. The minimum absolute atomic E-state index is 0. The second-order valence-electron chi connectivity index (χ2n) is 2.54. The van der Waals surface area contributed by atoms with Crippen molar-refractivity contribution in [2.75, 3.05) is 5.33 Å². The molecule has 0 aliphatic rings. The van der Waals surface area contributed by atoms with Crippen molar-refractivity contribution in [1.29, 1.82) is 0 Å². The fourth-order valence-electron chi connectivity index (χ4n) is 0.932. The Morgan fingerprint density at radius 1 is 1.21 bits per heavy atom. The number of hydrogen-bond acceptors (Lipinski definition) is 3. The van der Waals surface area contributed by atoms with Crippen LogP contribution in [0.3, 0.4) is 0 Å². The van der Waals surface area contributed by atoms with E-state index in [0.717, 1.165) is 17.3 Å². The van der Waals surface area contributed by atoms with Crippen LogP contribution in [0.25, 0.3) is 0 Å². The molecule has 0 aromatic heterocycles. The topological polar surface area (TPSA) is 57.2 Å². The molecule has 0 aliphatic carbocycles. The van der Waals surface area contributed by atoms with E-state index in [4.69, 9.17) is 0 Å². The van der Waals surface area contributed by atoms with Crippen LogP contribution in [0.4, 0.5) is 0 Å². The monoisotopic (exact) mass is 302 g/mol. The zero-order valence-corrected chi connectivity index (χ0v) is 13.3. The summed E-state index contributed by atoms with van der Waals surface area (Å²) in [5.74, 6) is 0. The zero-order chi connectivity index (χ0) is 9.90. The summed E-state index contributed by atoms with van der Waals surface area (Å²) in [6.07, 6.45) is 0.819. The Morgan fingerprint density at radius 2 is 1.71 bits per heavy atom. The average molecular weight is 303 g/mol. The van der Waals surface area contributed by atoms with Gasteiger partial charge in [0.25, 0.3) is 0 Å². The second-order valence-corrected chi connectivity index (χ2v) is 4.71. The van der Waals surface area contributed by atoms with Gasteiger partial charge in [0, 0.05) is 5.33 Å². The Balaban J connectivity index is 0.00000169. The number of hydrogen-bond donors (Lipinski definition) is 0. The van der Waals surface area contributed by atoms with Gasteiger partial charge in [-0.2, -0.15) is 0 Å². The van der Waals surface area contributed by atoms with Crippen molar-refractivity contribution in [2.45, 2.75) is 11.3 Å². The predicted molar refractivity (Wildman–Crippen MR) is 51.9 cm³/mol. The maximum Gasteiger partial charge on any atom is 1.00 e.